The van der Waals surface area contributed by atoms with Crippen molar-refractivity contribution < 1.29 is 81.2 Å². The van der Waals surface area contributed by atoms with E-state index in [1.165, 1.54) is 11.1 Å². The number of carbonyl (C=O) groups is 6. The first kappa shape index (κ1) is 103. The van der Waals surface area contributed by atoms with Crippen LogP contribution >= 0.6 is 154 Å². The number of fused-ring (bicyclic) bond motifs is 21. The summed E-state index contributed by atoms with van der Waals surface area (Å²) in [6, 6.07) is 46.5. The monoisotopic (exact) mass is 2150 g/mol. The number of thiocarbonyl (C=S) groups is 5. The number of aliphatic carboxylic acids is 1. The molecule has 0 spiro atoms. The number of aromatic nitrogens is 7. The third-order valence-electron chi connectivity index (χ3n) is 23.3. The Morgan fingerprint density at radius 1 is 0.348 bits per heavy atom. The molecular formula is C102H89Cl8N9O17S5. The Morgan fingerprint density at radius 2 is 0.624 bits per heavy atom. The van der Waals surface area contributed by atoms with Gasteiger partial charge in [-0.2, -0.15) is 5.10 Å². The number of carboxylic acids is 1. The van der Waals surface area contributed by atoms with Crippen molar-refractivity contribution in [2.75, 3.05) is 58.3 Å². The fourth-order valence-electron chi connectivity index (χ4n) is 17.5. The Hall–Kier alpha value is -11.4. The summed E-state index contributed by atoms with van der Waals surface area (Å²) in [6.07, 6.45) is 6.95. The number of esters is 5. The average molecular weight is 2160 g/mol. The van der Waals surface area contributed by atoms with Crippen molar-refractivity contribution in [3.63, 3.8) is 0 Å². The molecule has 0 amide bonds. The molecule has 8 aliphatic rings. The van der Waals surface area contributed by atoms with Gasteiger partial charge in [-0.1, -0.05) is 92.8 Å². The number of cyclic esters (lactones) is 3. The Bertz CT molecular complexity index is 7060. The second-order valence-electron chi connectivity index (χ2n) is 35.1. The number of halogens is 8. The molecule has 8 aromatic carbocycles. The van der Waals surface area contributed by atoms with Gasteiger partial charge in [-0.3, -0.25) is 19.8 Å². The summed E-state index contributed by atoms with van der Waals surface area (Å²) in [5.74, 6) is -2.41. The summed E-state index contributed by atoms with van der Waals surface area (Å²) in [4.78, 5) is 82.4. The van der Waals surface area contributed by atoms with Crippen molar-refractivity contribution in [3.8, 4) is 0 Å². The van der Waals surface area contributed by atoms with E-state index < -0.39 is 17.2 Å². The highest BCUT2D eigenvalue weighted by Gasteiger charge is 2.34. The lowest BCUT2D eigenvalue weighted by Gasteiger charge is -2.21. The van der Waals surface area contributed by atoms with E-state index >= 15 is 0 Å². The number of hydrogen-bond acceptors (Lipinski definition) is 23. The summed E-state index contributed by atoms with van der Waals surface area (Å²) in [5, 5.41) is 28.2. The highest BCUT2D eigenvalue weighted by Crippen LogP contribution is 2.40. The number of rotatable bonds is 8. The minimum atomic E-state index is -0.914. The predicted octanol–water partition coefficient (Wildman–Crippen LogP) is 24.0. The lowest BCUT2D eigenvalue weighted by atomic mass is 10.1. The summed E-state index contributed by atoms with van der Waals surface area (Å²) in [5.41, 5.74) is 22.6. The summed E-state index contributed by atoms with van der Waals surface area (Å²) in [6.45, 7) is 15.4. The van der Waals surface area contributed by atoms with Crippen LogP contribution in [-0.4, -0.2) is 170 Å². The Kier molecular flexibility index (Phi) is 32.1. The molecule has 0 bridgehead atoms. The summed E-state index contributed by atoms with van der Waals surface area (Å²) >= 11 is 74.1. The standard InChI is InChI=1S/2C17H18ClNO3S.C13H10ClNO3S.C11H11ClN2O2.2C11H8ClNO2.2C11H8ClNOS/c2*1-17(2,3)22-14(20)9-19-13-5-4-10(18)8-12(13)11-6-7-21-16(23)15(11)19;14-7-1-2-10-9(5-7)8-3-4-18-13(19)12(8)15(10)6-11(16)17;12-8-3-5-9(6-4-8)13-14-10-2-1-7-16-11(10)15;2*12-6-1-2-9-8(5-6)7-3-4-15-11(14)10(7)13-9;2*12-6-1-2-9-8(5-6)7-3-4-14-11(15)10(7)13-9/h2*4-5,8H,6-7,9H2,1-3H3;1-2,5H,3-4,6H2,(H,16,17);3-6,13H,1-2,7H2;4*1-2,5,13H,3-4H2/b;;;14-10+;;;;. The van der Waals surface area contributed by atoms with Crippen LogP contribution in [0.15, 0.2) is 157 Å². The summed E-state index contributed by atoms with van der Waals surface area (Å²) in [7, 11) is 0. The number of hydrazone groups is 1. The van der Waals surface area contributed by atoms with E-state index in [-0.39, 0.29) is 49.5 Å². The van der Waals surface area contributed by atoms with E-state index in [0.717, 1.165) is 188 Å². The topological polar surface area (TPSA) is 317 Å². The Labute approximate surface area is 874 Å². The number of benzene rings is 8. The normalized spacial score (nSPS) is 15.2. The first-order valence-corrected chi connectivity index (χ1v) is 49.7. The molecule has 141 heavy (non-hydrogen) atoms. The molecule has 8 aliphatic heterocycles. The van der Waals surface area contributed by atoms with Gasteiger partial charge < -0.3 is 86.1 Å². The van der Waals surface area contributed by atoms with Gasteiger partial charge in [0.2, 0.25) is 25.3 Å². The average Bonchev–Trinajstić information content (AvgIpc) is 1.58. The third kappa shape index (κ3) is 23.9. The molecule has 15 heterocycles. The van der Waals surface area contributed by atoms with Crippen molar-refractivity contribution in [3.05, 3.63) is 271 Å². The van der Waals surface area contributed by atoms with Gasteiger partial charge in [0.1, 0.15) is 65.0 Å². The molecule has 7 aromatic heterocycles. The predicted molar refractivity (Wildman–Crippen MR) is 571 cm³/mol. The van der Waals surface area contributed by atoms with E-state index in [4.69, 9.17) is 206 Å². The molecule has 730 valence electrons. The second kappa shape index (κ2) is 44.2. The third-order valence-corrected chi connectivity index (χ3v) is 26.7. The zero-order valence-corrected chi connectivity index (χ0v) is 86.5. The zero-order valence-electron chi connectivity index (χ0n) is 76.4. The van der Waals surface area contributed by atoms with Crippen molar-refractivity contribution in [1.29, 1.82) is 0 Å². The number of carbonyl (C=O) groups excluding carboxylic acids is 5. The largest absolute Gasteiger partial charge is 0.481 e. The summed E-state index contributed by atoms with van der Waals surface area (Å²) < 4.78 is 58.2. The highest BCUT2D eigenvalue weighted by molar-refractivity contribution is 7.81. The van der Waals surface area contributed by atoms with Crippen LogP contribution in [0.5, 0.6) is 0 Å². The number of anilines is 1. The van der Waals surface area contributed by atoms with Gasteiger partial charge in [-0.15, -0.1) is 0 Å². The van der Waals surface area contributed by atoms with Gasteiger partial charge in [-0.05, 0) is 300 Å². The smallest absolute Gasteiger partial charge is 0.355 e. The van der Waals surface area contributed by atoms with Gasteiger partial charge in [0.05, 0.1) is 69.9 Å². The van der Waals surface area contributed by atoms with Crippen molar-refractivity contribution in [1.82, 2.24) is 33.6 Å². The van der Waals surface area contributed by atoms with Gasteiger partial charge in [0.25, 0.3) is 0 Å². The molecule has 0 aliphatic carbocycles. The fraction of sp³-hybridized carbons (Fsp3) is 0.275. The lowest BCUT2D eigenvalue weighted by molar-refractivity contribution is -0.156. The van der Waals surface area contributed by atoms with Crippen LogP contribution in [-0.2, 0) is 131 Å². The van der Waals surface area contributed by atoms with E-state index in [2.05, 4.69) is 30.5 Å². The molecule has 23 rings (SSSR count). The fourth-order valence-corrected chi connectivity index (χ4v) is 20.3. The van der Waals surface area contributed by atoms with E-state index in [0.29, 0.717) is 144 Å². The number of H-pyrrole nitrogens is 4. The molecule has 0 radical (unpaired) electrons. The van der Waals surface area contributed by atoms with Crippen molar-refractivity contribution in [2.45, 2.75) is 130 Å². The number of hydrogen-bond donors (Lipinski definition) is 6. The lowest BCUT2D eigenvalue weighted by Crippen LogP contribution is -2.28. The minimum absolute atomic E-state index is 0.0915. The van der Waals surface area contributed by atoms with Crippen LogP contribution in [0, 0.1) is 0 Å². The maximum Gasteiger partial charge on any atom is 0.355 e. The second-order valence-corrected chi connectivity index (χ2v) is 40.4. The van der Waals surface area contributed by atoms with Gasteiger partial charge in [0, 0.05) is 168 Å². The molecule has 0 saturated carbocycles. The van der Waals surface area contributed by atoms with Gasteiger partial charge in [0.15, 0.2) is 0 Å². The maximum absolute atomic E-state index is 12.3. The molecule has 1 saturated heterocycles. The number of aromatic amines is 4. The zero-order chi connectivity index (χ0) is 100. The molecular weight excluding hydrogens is 2070 g/mol. The Balaban J connectivity index is 0.000000117. The number of nitrogens with zero attached hydrogens (tertiary/aromatic N) is 4. The first-order valence-electron chi connectivity index (χ1n) is 44.6. The Morgan fingerprint density at radius 3 is 0.950 bits per heavy atom. The molecule has 0 atom stereocenters. The van der Waals surface area contributed by atoms with E-state index in [9.17, 15) is 28.8 Å². The minimum Gasteiger partial charge on any atom is -0.481 e. The SMILES string of the molecule is CC(C)(C)OC(=O)Cn1c2c(c3cc(Cl)ccc31)CCOC2=S.CC(C)(C)OC(=O)Cn1c2c(c3cc(Cl)ccc31)CCOC2=S.O=C(O)Cn1c2c(c3cc(Cl)ccc31)CCOC2=S.O=C1OCCC/C1=N\Nc1ccc(Cl)cc1.O=C1OCCc2c1[nH]c1ccc(Cl)cc21.O=C1OCCc2c1[nH]c1ccc(Cl)cc21.S=C1OCCc2c1[nH]c1ccc(Cl)cc21.S=C1OCCc2c1[nH]c1ccc(Cl)cc21. The van der Waals surface area contributed by atoms with E-state index in [1.807, 2.05) is 160 Å². The highest BCUT2D eigenvalue weighted by atomic mass is 35.5. The van der Waals surface area contributed by atoms with Crippen LogP contribution < -0.4 is 5.43 Å². The van der Waals surface area contributed by atoms with Crippen LogP contribution in [0.25, 0.3) is 76.3 Å². The van der Waals surface area contributed by atoms with Crippen LogP contribution in [0.1, 0.15) is 143 Å². The number of nitrogens with one attached hydrogen (secondary N) is 5. The van der Waals surface area contributed by atoms with Crippen LogP contribution in [0.2, 0.25) is 40.2 Å². The van der Waals surface area contributed by atoms with Gasteiger partial charge in [-0.25, -0.2) is 14.4 Å². The van der Waals surface area contributed by atoms with Gasteiger partial charge >= 0.3 is 35.8 Å². The molecule has 15 aromatic rings. The molecule has 26 nitrogen and oxygen atoms in total. The number of ether oxygens (including phenoxy) is 10. The number of carboxylic acid groups (broad SMARTS) is 1. The van der Waals surface area contributed by atoms with E-state index in [1.54, 1.807) is 47.0 Å². The molecule has 0 unspecified atom stereocenters. The molecule has 1 fully saturated rings. The quantitative estimate of drug-likeness (QED) is 0.0356. The van der Waals surface area contributed by atoms with Crippen molar-refractivity contribution >= 4 is 303 Å². The molecule has 6 N–H and O–H groups in total. The first-order chi connectivity index (χ1) is 67.4. The maximum atomic E-state index is 12.3. The van der Waals surface area contributed by atoms with Crippen molar-refractivity contribution in [2.24, 2.45) is 5.10 Å². The molecule has 39 heteroatoms. The van der Waals surface area contributed by atoms with Crippen LogP contribution in [0.3, 0.4) is 0 Å². The van der Waals surface area contributed by atoms with Crippen LogP contribution in [0.4, 0.5) is 5.69 Å².